The number of aryl methyl sites for hydroxylation is 1. The van der Waals surface area contributed by atoms with E-state index < -0.39 is 0 Å². The van der Waals surface area contributed by atoms with Crippen molar-refractivity contribution in [1.82, 2.24) is 9.97 Å². The van der Waals surface area contributed by atoms with Gasteiger partial charge >= 0.3 is 5.97 Å². The van der Waals surface area contributed by atoms with Crippen molar-refractivity contribution in [3.8, 4) is 0 Å². The summed E-state index contributed by atoms with van der Waals surface area (Å²) in [6.45, 7) is 5.20. The van der Waals surface area contributed by atoms with Crippen LogP contribution >= 0.6 is 22.9 Å². The van der Waals surface area contributed by atoms with Crippen LogP contribution in [0.2, 0.25) is 5.28 Å². The zero-order valence-corrected chi connectivity index (χ0v) is 17.4. The Morgan fingerprint density at radius 3 is 2.71 bits per heavy atom. The lowest BCUT2D eigenvalue weighted by Crippen LogP contribution is -2.27. The molecule has 0 saturated carbocycles. The molecule has 8 heteroatoms. The molecule has 1 aromatic carbocycles. The van der Waals surface area contributed by atoms with Crippen LogP contribution in [0.3, 0.4) is 0 Å². The summed E-state index contributed by atoms with van der Waals surface area (Å²) >= 11 is 7.35. The summed E-state index contributed by atoms with van der Waals surface area (Å²) in [6, 6.07) is 9.88. The van der Waals surface area contributed by atoms with Gasteiger partial charge in [0, 0.05) is 19.5 Å². The minimum absolute atomic E-state index is 0.00543. The van der Waals surface area contributed by atoms with Gasteiger partial charge in [-0.1, -0.05) is 30.3 Å². The summed E-state index contributed by atoms with van der Waals surface area (Å²) < 4.78 is 5.48. The van der Waals surface area contributed by atoms with Gasteiger partial charge in [0.15, 0.2) is 0 Å². The van der Waals surface area contributed by atoms with Crippen LogP contribution < -0.4 is 4.90 Å². The van der Waals surface area contributed by atoms with Crippen molar-refractivity contribution in [3.05, 3.63) is 51.6 Å². The van der Waals surface area contributed by atoms with Gasteiger partial charge in [0.1, 0.15) is 15.5 Å². The molecule has 0 fully saturated rings. The van der Waals surface area contributed by atoms with Gasteiger partial charge in [-0.25, -0.2) is 9.78 Å². The smallest absolute Gasteiger partial charge is 0.348 e. The first-order chi connectivity index (χ1) is 13.5. The van der Waals surface area contributed by atoms with Crippen LogP contribution in [0.5, 0.6) is 0 Å². The van der Waals surface area contributed by atoms with Crippen molar-refractivity contribution in [3.63, 3.8) is 0 Å². The number of likely N-dealkylation sites (N-methyl/N-ethyl adjacent to an activating group) is 1. The van der Waals surface area contributed by atoms with Crippen LogP contribution in [-0.2, 0) is 11.2 Å². The molecule has 0 saturated heterocycles. The highest BCUT2D eigenvalue weighted by molar-refractivity contribution is 7.20. The van der Waals surface area contributed by atoms with Crippen molar-refractivity contribution < 1.29 is 14.6 Å². The topological polar surface area (TPSA) is 75.5 Å². The fourth-order valence-electron chi connectivity index (χ4n) is 3.02. The lowest BCUT2D eigenvalue weighted by molar-refractivity contribution is 0.0514. The molecule has 0 bridgehead atoms. The van der Waals surface area contributed by atoms with E-state index in [0.717, 1.165) is 16.5 Å². The van der Waals surface area contributed by atoms with E-state index in [-0.39, 0.29) is 17.9 Å². The molecule has 28 heavy (non-hydrogen) atoms. The van der Waals surface area contributed by atoms with Gasteiger partial charge in [-0.2, -0.15) is 4.98 Å². The molecule has 3 rings (SSSR count). The van der Waals surface area contributed by atoms with Crippen molar-refractivity contribution in [1.29, 1.82) is 0 Å². The van der Waals surface area contributed by atoms with Crippen LogP contribution in [0.25, 0.3) is 10.2 Å². The minimum Gasteiger partial charge on any atom is -0.461 e. The van der Waals surface area contributed by atoms with Gasteiger partial charge in [0.2, 0.25) is 5.28 Å². The van der Waals surface area contributed by atoms with Crippen LogP contribution in [-0.4, -0.2) is 47.3 Å². The van der Waals surface area contributed by atoms with Gasteiger partial charge in [-0.15, -0.1) is 11.3 Å². The molecule has 148 valence electrons. The standard InChI is InChI=1S/C20H22ClN3O3S/c1-3-24(10-11-25)17-15-13(2)16(28-18(15)23-20(21)22-17)19(26)27-12-9-14-7-5-4-6-8-14/h4-8,25H,3,9-12H2,1-2H3. The first-order valence-electron chi connectivity index (χ1n) is 9.08. The zero-order valence-electron chi connectivity index (χ0n) is 15.8. The van der Waals surface area contributed by atoms with Crippen molar-refractivity contribution in [2.24, 2.45) is 0 Å². The first-order valence-corrected chi connectivity index (χ1v) is 10.3. The van der Waals surface area contributed by atoms with E-state index >= 15 is 0 Å². The normalized spacial score (nSPS) is 11.0. The molecule has 0 radical (unpaired) electrons. The summed E-state index contributed by atoms with van der Waals surface area (Å²) in [5.41, 5.74) is 1.89. The number of carbonyl (C=O) groups is 1. The number of anilines is 1. The maximum Gasteiger partial charge on any atom is 0.348 e. The Balaban J connectivity index is 1.85. The number of hydrogen-bond donors (Lipinski definition) is 1. The number of benzene rings is 1. The van der Waals surface area contributed by atoms with Crippen molar-refractivity contribution in [2.75, 3.05) is 31.2 Å². The van der Waals surface area contributed by atoms with E-state index in [1.165, 1.54) is 11.3 Å². The Morgan fingerprint density at radius 1 is 1.29 bits per heavy atom. The molecule has 2 heterocycles. The number of halogens is 1. The first kappa shape index (κ1) is 20.5. The Morgan fingerprint density at radius 2 is 2.04 bits per heavy atom. The highest BCUT2D eigenvalue weighted by Gasteiger charge is 2.23. The van der Waals surface area contributed by atoms with E-state index in [1.807, 2.05) is 49.1 Å². The number of thiophene rings is 1. The van der Waals surface area contributed by atoms with Crippen LogP contribution in [0.15, 0.2) is 30.3 Å². The summed E-state index contributed by atoms with van der Waals surface area (Å²) in [4.78, 5) is 24.3. The SMILES string of the molecule is CCN(CCO)c1nc(Cl)nc2sc(C(=O)OCCc3ccccc3)c(C)c12. The number of rotatable bonds is 8. The van der Waals surface area contributed by atoms with Crippen LogP contribution in [0.1, 0.15) is 27.7 Å². The number of carbonyl (C=O) groups excluding carboxylic acids is 1. The quantitative estimate of drug-likeness (QED) is 0.441. The number of aliphatic hydroxyl groups excluding tert-OH is 1. The molecule has 0 unspecified atom stereocenters. The van der Waals surface area contributed by atoms with Crippen LogP contribution in [0.4, 0.5) is 5.82 Å². The van der Waals surface area contributed by atoms with Gasteiger partial charge in [-0.05, 0) is 36.6 Å². The minimum atomic E-state index is -0.372. The lowest BCUT2D eigenvalue weighted by atomic mass is 10.2. The highest BCUT2D eigenvalue weighted by atomic mass is 35.5. The second-order valence-electron chi connectivity index (χ2n) is 6.23. The fourth-order valence-corrected chi connectivity index (χ4v) is 4.31. The molecular weight excluding hydrogens is 398 g/mol. The molecule has 2 aromatic heterocycles. The van der Waals surface area contributed by atoms with E-state index in [2.05, 4.69) is 9.97 Å². The molecule has 0 aliphatic carbocycles. The van der Waals surface area contributed by atoms with Gasteiger partial charge in [-0.3, -0.25) is 0 Å². The number of aliphatic hydroxyl groups is 1. The second-order valence-corrected chi connectivity index (χ2v) is 7.56. The zero-order chi connectivity index (χ0) is 20.1. The fraction of sp³-hybridized carbons (Fsp3) is 0.350. The summed E-state index contributed by atoms with van der Waals surface area (Å²) in [7, 11) is 0. The Bertz CT molecular complexity index is 962. The highest BCUT2D eigenvalue weighted by Crippen LogP contribution is 2.36. The average molecular weight is 420 g/mol. The number of fused-ring (bicyclic) bond motifs is 1. The van der Waals surface area contributed by atoms with Gasteiger partial charge in [0.05, 0.1) is 18.6 Å². The molecule has 1 N–H and O–H groups in total. The van der Waals surface area contributed by atoms with Gasteiger partial charge in [0.25, 0.3) is 0 Å². The summed E-state index contributed by atoms with van der Waals surface area (Å²) in [5.74, 6) is 0.257. The number of ether oxygens (including phenoxy) is 1. The van der Waals surface area contributed by atoms with Crippen molar-refractivity contribution >= 4 is 44.9 Å². The third kappa shape index (κ3) is 4.43. The number of aromatic nitrogens is 2. The third-order valence-corrected chi connectivity index (χ3v) is 5.78. The molecule has 6 nitrogen and oxygen atoms in total. The Labute approximate surface area is 172 Å². The third-order valence-electron chi connectivity index (χ3n) is 4.45. The maximum atomic E-state index is 12.6. The maximum absolute atomic E-state index is 12.6. The van der Waals surface area contributed by atoms with Crippen LogP contribution in [0, 0.1) is 6.92 Å². The molecule has 0 aliphatic heterocycles. The predicted molar refractivity (Wildman–Crippen MR) is 113 cm³/mol. The summed E-state index contributed by atoms with van der Waals surface area (Å²) in [6.07, 6.45) is 0.660. The van der Waals surface area contributed by atoms with E-state index in [4.69, 9.17) is 16.3 Å². The number of nitrogens with zero attached hydrogens (tertiary/aromatic N) is 3. The number of hydrogen-bond acceptors (Lipinski definition) is 7. The summed E-state index contributed by atoms with van der Waals surface area (Å²) in [5, 5.41) is 10.2. The second kappa shape index (κ2) is 9.32. The van der Waals surface area contributed by atoms with Crippen molar-refractivity contribution in [2.45, 2.75) is 20.3 Å². The molecule has 3 aromatic rings. The Kier molecular flexibility index (Phi) is 6.83. The van der Waals surface area contributed by atoms with E-state index in [9.17, 15) is 9.90 Å². The molecular formula is C20H22ClN3O3S. The number of esters is 1. The monoisotopic (exact) mass is 419 g/mol. The Hall–Kier alpha value is -2.22. The van der Waals surface area contributed by atoms with E-state index in [0.29, 0.717) is 41.6 Å². The average Bonchev–Trinajstić information content (AvgIpc) is 3.02. The van der Waals surface area contributed by atoms with Gasteiger partial charge < -0.3 is 14.7 Å². The molecule has 0 aliphatic rings. The predicted octanol–water partition coefficient (Wildman–Crippen LogP) is 3.87. The molecule has 0 atom stereocenters. The lowest BCUT2D eigenvalue weighted by Gasteiger charge is -2.21. The molecule has 0 spiro atoms. The molecule has 0 amide bonds. The largest absolute Gasteiger partial charge is 0.461 e. The van der Waals surface area contributed by atoms with E-state index in [1.54, 1.807) is 0 Å².